The Morgan fingerprint density at radius 1 is 1.22 bits per heavy atom. The van der Waals surface area contributed by atoms with Crippen molar-refractivity contribution in [2.45, 2.75) is 31.6 Å². The number of nitrogens with zero attached hydrogens (tertiary/aromatic N) is 3. The molecule has 0 saturated heterocycles. The first-order chi connectivity index (χ1) is 8.45. The van der Waals surface area contributed by atoms with Gasteiger partial charge in [-0.3, -0.25) is 0 Å². The fourth-order valence-electron chi connectivity index (χ4n) is 1.92. The summed E-state index contributed by atoms with van der Waals surface area (Å²) in [4.78, 5) is 0. The molecule has 2 rings (SSSR count). The normalized spacial score (nSPS) is 11.8. The van der Waals surface area contributed by atoms with E-state index in [1.54, 1.807) is 0 Å². The zero-order valence-corrected chi connectivity index (χ0v) is 13.0. The molecule has 0 aliphatic carbocycles. The van der Waals surface area contributed by atoms with Crippen LogP contribution < -0.4 is 0 Å². The quantitative estimate of drug-likeness (QED) is 0.772. The maximum atomic E-state index is 6.24. The molecule has 3 nitrogen and oxygen atoms in total. The minimum Gasteiger partial charge on any atom is -0.305 e. The van der Waals surface area contributed by atoms with Crippen molar-refractivity contribution < 1.29 is 0 Å². The molecule has 0 fully saturated rings. The van der Waals surface area contributed by atoms with Crippen LogP contribution in [0.4, 0.5) is 0 Å². The van der Waals surface area contributed by atoms with E-state index in [-0.39, 0.29) is 5.54 Å². The lowest BCUT2D eigenvalue weighted by Crippen LogP contribution is -2.24. The summed E-state index contributed by atoms with van der Waals surface area (Å²) in [7, 11) is 0. The molecule has 96 valence electrons. The van der Waals surface area contributed by atoms with Crippen molar-refractivity contribution in [1.29, 1.82) is 0 Å². The van der Waals surface area contributed by atoms with Crippen LogP contribution in [0.15, 0.2) is 24.3 Å². The van der Waals surface area contributed by atoms with Crippen LogP contribution in [0.25, 0.3) is 11.4 Å². The third-order valence-corrected chi connectivity index (χ3v) is 3.47. The number of hydrogen-bond acceptors (Lipinski definition) is 2. The molecule has 5 heteroatoms. The Morgan fingerprint density at radius 3 is 2.44 bits per heavy atom. The lowest BCUT2D eigenvalue weighted by molar-refractivity contribution is 0.391. The summed E-state index contributed by atoms with van der Waals surface area (Å²) in [5, 5.41) is 9.87. The first-order valence-corrected chi connectivity index (χ1v) is 7.20. The predicted molar refractivity (Wildman–Crippen MR) is 78.1 cm³/mol. The predicted octanol–water partition coefficient (Wildman–Crippen LogP) is 4.25. The summed E-state index contributed by atoms with van der Waals surface area (Å²) in [6.45, 7) is 6.38. The van der Waals surface area contributed by atoms with E-state index in [9.17, 15) is 0 Å². The van der Waals surface area contributed by atoms with Gasteiger partial charge in [0, 0.05) is 11.1 Å². The zero-order chi connectivity index (χ0) is 13.3. The molecule has 0 radical (unpaired) electrons. The molecule has 0 saturated carbocycles. The number of rotatable bonds is 2. The molecule has 0 N–H and O–H groups in total. The third-order valence-electron chi connectivity index (χ3n) is 2.64. The van der Waals surface area contributed by atoms with Gasteiger partial charge >= 0.3 is 0 Å². The van der Waals surface area contributed by atoms with Crippen LogP contribution in [0.5, 0.6) is 0 Å². The van der Waals surface area contributed by atoms with Gasteiger partial charge in [-0.05, 0) is 32.9 Å². The van der Waals surface area contributed by atoms with Crippen molar-refractivity contribution in [3.8, 4) is 11.4 Å². The first-order valence-electron chi connectivity index (χ1n) is 5.71. The van der Waals surface area contributed by atoms with Crippen molar-refractivity contribution in [1.82, 2.24) is 14.8 Å². The highest BCUT2D eigenvalue weighted by molar-refractivity contribution is 9.08. The molecular formula is C13H15BrClN3. The highest BCUT2D eigenvalue weighted by atomic mass is 79.9. The van der Waals surface area contributed by atoms with Gasteiger partial charge in [-0.1, -0.05) is 39.7 Å². The molecule has 0 amide bonds. The number of benzene rings is 1. The fourth-order valence-corrected chi connectivity index (χ4v) is 2.51. The summed E-state index contributed by atoms with van der Waals surface area (Å²) in [5.41, 5.74) is 0.815. The van der Waals surface area contributed by atoms with Gasteiger partial charge in [0.15, 0.2) is 5.82 Å². The monoisotopic (exact) mass is 327 g/mol. The number of halogens is 2. The largest absolute Gasteiger partial charge is 0.305 e. The summed E-state index contributed by atoms with van der Waals surface area (Å²) < 4.78 is 2.11. The van der Waals surface area contributed by atoms with E-state index in [1.807, 2.05) is 24.3 Å². The van der Waals surface area contributed by atoms with Crippen LogP contribution in [0.3, 0.4) is 0 Å². The Morgan fingerprint density at radius 2 is 1.89 bits per heavy atom. The minimum atomic E-state index is -0.0961. The van der Waals surface area contributed by atoms with E-state index in [4.69, 9.17) is 11.6 Å². The number of aromatic nitrogens is 3. The average molecular weight is 329 g/mol. The highest BCUT2D eigenvalue weighted by Crippen LogP contribution is 2.31. The van der Waals surface area contributed by atoms with Crippen LogP contribution in [0, 0.1) is 0 Å². The van der Waals surface area contributed by atoms with Gasteiger partial charge in [0.1, 0.15) is 5.82 Å². The standard InChI is InChI=1S/C13H15BrClN3/c1-13(2,3)18-11(8-14)16-17-12(18)9-6-4-5-7-10(9)15/h4-7H,8H2,1-3H3. The van der Waals surface area contributed by atoms with E-state index in [0.717, 1.165) is 17.2 Å². The van der Waals surface area contributed by atoms with Crippen molar-refractivity contribution in [2.24, 2.45) is 0 Å². The van der Waals surface area contributed by atoms with Gasteiger partial charge < -0.3 is 4.57 Å². The Labute approximate surface area is 120 Å². The fraction of sp³-hybridized carbons (Fsp3) is 0.385. The van der Waals surface area contributed by atoms with Crippen molar-refractivity contribution >= 4 is 27.5 Å². The van der Waals surface area contributed by atoms with Gasteiger partial charge in [0.25, 0.3) is 0 Å². The molecule has 2 aromatic rings. The van der Waals surface area contributed by atoms with Crippen LogP contribution >= 0.6 is 27.5 Å². The Balaban J connectivity index is 2.66. The van der Waals surface area contributed by atoms with Crippen LogP contribution in [0.2, 0.25) is 5.02 Å². The van der Waals surface area contributed by atoms with Crippen LogP contribution in [-0.2, 0) is 10.9 Å². The van der Waals surface area contributed by atoms with E-state index in [1.165, 1.54) is 0 Å². The zero-order valence-electron chi connectivity index (χ0n) is 10.6. The molecule has 0 unspecified atom stereocenters. The summed E-state index contributed by atoms with van der Waals surface area (Å²) in [6.07, 6.45) is 0. The van der Waals surface area contributed by atoms with Crippen molar-refractivity contribution in [3.63, 3.8) is 0 Å². The van der Waals surface area contributed by atoms with Crippen LogP contribution in [0.1, 0.15) is 26.6 Å². The summed E-state index contributed by atoms with van der Waals surface area (Å²) in [6, 6.07) is 7.70. The Kier molecular flexibility index (Phi) is 3.78. The molecule has 0 atom stereocenters. The third kappa shape index (κ3) is 2.45. The lowest BCUT2D eigenvalue weighted by Gasteiger charge is -2.24. The molecular weight excluding hydrogens is 314 g/mol. The lowest BCUT2D eigenvalue weighted by atomic mass is 10.1. The minimum absolute atomic E-state index is 0.0961. The van der Waals surface area contributed by atoms with E-state index >= 15 is 0 Å². The van der Waals surface area contributed by atoms with Crippen molar-refractivity contribution in [2.75, 3.05) is 0 Å². The number of alkyl halides is 1. The summed E-state index contributed by atoms with van der Waals surface area (Å²) >= 11 is 9.69. The molecule has 0 aliphatic heterocycles. The van der Waals surface area contributed by atoms with Crippen molar-refractivity contribution in [3.05, 3.63) is 35.1 Å². The van der Waals surface area contributed by atoms with E-state index in [0.29, 0.717) is 10.4 Å². The van der Waals surface area contributed by atoms with Gasteiger partial charge in [-0.2, -0.15) is 0 Å². The molecule has 1 aromatic carbocycles. The second-order valence-corrected chi connectivity index (χ2v) is 6.03. The van der Waals surface area contributed by atoms with Gasteiger partial charge in [0.2, 0.25) is 0 Å². The average Bonchev–Trinajstić information content (AvgIpc) is 2.73. The molecule has 1 aromatic heterocycles. The van der Waals surface area contributed by atoms with E-state index < -0.39 is 0 Å². The first kappa shape index (κ1) is 13.6. The maximum Gasteiger partial charge on any atom is 0.165 e. The molecule has 0 aliphatic rings. The second-order valence-electron chi connectivity index (χ2n) is 5.06. The number of hydrogen-bond donors (Lipinski definition) is 0. The molecule has 0 bridgehead atoms. The molecule has 0 spiro atoms. The Bertz CT molecular complexity index is 558. The SMILES string of the molecule is CC(C)(C)n1c(CBr)nnc1-c1ccccc1Cl. The van der Waals surface area contributed by atoms with Gasteiger partial charge in [-0.25, -0.2) is 0 Å². The molecule has 18 heavy (non-hydrogen) atoms. The highest BCUT2D eigenvalue weighted by Gasteiger charge is 2.24. The van der Waals surface area contributed by atoms with E-state index in [2.05, 4.69) is 51.5 Å². The van der Waals surface area contributed by atoms with Gasteiger partial charge in [0.05, 0.1) is 10.4 Å². The molecule has 1 heterocycles. The Hall–Kier alpha value is -0.870. The smallest absolute Gasteiger partial charge is 0.165 e. The summed E-state index contributed by atoms with van der Waals surface area (Å²) in [5.74, 6) is 1.71. The topological polar surface area (TPSA) is 30.7 Å². The van der Waals surface area contributed by atoms with Gasteiger partial charge in [-0.15, -0.1) is 10.2 Å². The maximum absolute atomic E-state index is 6.24. The van der Waals surface area contributed by atoms with Crippen LogP contribution in [-0.4, -0.2) is 14.8 Å². The second kappa shape index (κ2) is 5.02.